The quantitative estimate of drug-likeness (QED) is 0.754. The molecular weight excluding hydrogens is 229 g/mol. The summed E-state index contributed by atoms with van der Waals surface area (Å²) in [7, 11) is 0. The number of piperidine rings is 1. The largest absolute Gasteiger partial charge is 0.412 e. The molecule has 0 saturated carbocycles. The van der Waals surface area contributed by atoms with Crippen LogP contribution in [0.2, 0.25) is 0 Å². The van der Waals surface area contributed by atoms with E-state index in [0.29, 0.717) is 19.1 Å². The highest BCUT2D eigenvalue weighted by molar-refractivity contribution is 5.13. The smallest absolute Gasteiger partial charge is 0.313 e. The van der Waals surface area contributed by atoms with E-state index in [0.717, 1.165) is 19.5 Å². The summed E-state index contributed by atoms with van der Waals surface area (Å²) in [5, 5.41) is 3.42. The lowest BCUT2D eigenvalue weighted by atomic mass is 10.0. The fourth-order valence-electron chi connectivity index (χ4n) is 2.53. The van der Waals surface area contributed by atoms with Crippen LogP contribution in [0.3, 0.4) is 0 Å². The highest BCUT2D eigenvalue weighted by atomic mass is 19.4. The van der Waals surface area contributed by atoms with Gasteiger partial charge in [0.2, 0.25) is 0 Å². The Morgan fingerprint density at radius 3 is 2.71 bits per heavy atom. The van der Waals surface area contributed by atoms with Gasteiger partial charge in [-0.25, -0.2) is 0 Å². The first-order valence-electron chi connectivity index (χ1n) is 6.27. The summed E-state index contributed by atoms with van der Waals surface area (Å²) in [6.07, 6.45) is 0.938. The van der Waals surface area contributed by atoms with Crippen molar-refractivity contribution in [3.63, 3.8) is 0 Å². The van der Waals surface area contributed by atoms with E-state index in [9.17, 15) is 13.2 Å². The van der Waals surface area contributed by atoms with Crippen molar-refractivity contribution in [2.45, 2.75) is 37.9 Å². The van der Waals surface area contributed by atoms with Crippen LogP contribution in [0.4, 0.5) is 13.2 Å². The molecule has 2 heterocycles. The van der Waals surface area contributed by atoms with Crippen LogP contribution < -0.4 is 5.32 Å². The zero-order valence-corrected chi connectivity index (χ0v) is 9.89. The van der Waals surface area contributed by atoms with E-state index in [1.165, 1.54) is 18.9 Å². The van der Waals surface area contributed by atoms with E-state index in [4.69, 9.17) is 0 Å². The normalized spacial score (nSPS) is 27.9. The van der Waals surface area contributed by atoms with Gasteiger partial charge in [-0.15, -0.1) is 0 Å². The Balaban J connectivity index is 1.80. The number of halogens is 3. The van der Waals surface area contributed by atoms with E-state index in [1.54, 1.807) is 0 Å². The predicted molar refractivity (Wildman–Crippen MR) is 60.8 cm³/mol. The summed E-state index contributed by atoms with van der Waals surface area (Å²) in [6.45, 7) is 2.89. The fraction of sp³-hybridized carbons (Fsp3) is 0.833. The molecule has 2 aliphatic heterocycles. The lowest BCUT2D eigenvalue weighted by Crippen LogP contribution is -2.45. The molecule has 0 bridgehead atoms. The van der Waals surface area contributed by atoms with E-state index >= 15 is 0 Å². The van der Waals surface area contributed by atoms with E-state index in [-0.39, 0.29) is 12.0 Å². The molecule has 0 aromatic heterocycles. The van der Waals surface area contributed by atoms with Crippen LogP contribution in [-0.4, -0.2) is 43.3 Å². The zero-order chi connectivity index (χ0) is 12.3. The van der Waals surface area contributed by atoms with Crippen molar-refractivity contribution >= 4 is 0 Å². The first-order valence-corrected chi connectivity index (χ1v) is 6.27. The Morgan fingerprint density at radius 1 is 1.35 bits per heavy atom. The first kappa shape index (κ1) is 12.9. The molecule has 2 rings (SSSR count). The molecule has 1 atom stereocenters. The molecule has 5 heteroatoms. The highest BCUT2D eigenvalue weighted by Gasteiger charge is 2.34. The number of nitrogens with zero attached hydrogens (tertiary/aromatic N) is 1. The van der Waals surface area contributed by atoms with Crippen LogP contribution in [0.1, 0.15) is 25.7 Å². The van der Waals surface area contributed by atoms with Crippen molar-refractivity contribution in [1.29, 1.82) is 0 Å². The average molecular weight is 248 g/mol. The predicted octanol–water partition coefficient (Wildman–Crippen LogP) is 2.32. The average Bonchev–Trinajstić information content (AvgIpc) is 2.30. The molecule has 0 unspecified atom stereocenters. The standard InChI is InChI=1S/C12H19F3N2/c13-12(14,15)10-4-7-17(8-5-10)9-11-3-1-2-6-16-11/h4,11,16H,1-3,5-9H2/t11-/m0/s1. The van der Waals surface area contributed by atoms with Gasteiger partial charge in [0.25, 0.3) is 0 Å². The van der Waals surface area contributed by atoms with Gasteiger partial charge in [0.05, 0.1) is 0 Å². The Bertz CT molecular complexity index is 280. The Labute approximate surface area is 99.9 Å². The second-order valence-electron chi connectivity index (χ2n) is 4.88. The maximum absolute atomic E-state index is 12.4. The fourth-order valence-corrected chi connectivity index (χ4v) is 2.53. The van der Waals surface area contributed by atoms with Crippen molar-refractivity contribution in [3.8, 4) is 0 Å². The SMILES string of the molecule is FC(F)(F)C1=CCN(C[C@@H]2CCCCN2)CC1. The Hall–Kier alpha value is -0.550. The summed E-state index contributed by atoms with van der Waals surface area (Å²) >= 11 is 0. The highest BCUT2D eigenvalue weighted by Crippen LogP contribution is 2.30. The summed E-state index contributed by atoms with van der Waals surface area (Å²) < 4.78 is 37.3. The van der Waals surface area contributed by atoms with Crippen LogP contribution in [0.15, 0.2) is 11.6 Å². The van der Waals surface area contributed by atoms with Gasteiger partial charge >= 0.3 is 6.18 Å². The summed E-state index contributed by atoms with van der Waals surface area (Å²) in [5.74, 6) is 0. The molecule has 1 saturated heterocycles. The molecule has 0 aromatic rings. The molecule has 0 radical (unpaired) electrons. The van der Waals surface area contributed by atoms with Gasteiger partial charge in [-0.05, 0) is 25.8 Å². The summed E-state index contributed by atoms with van der Waals surface area (Å²) in [5.41, 5.74) is -0.356. The molecule has 17 heavy (non-hydrogen) atoms. The summed E-state index contributed by atoms with van der Waals surface area (Å²) in [6, 6.07) is 0.463. The topological polar surface area (TPSA) is 15.3 Å². The lowest BCUT2D eigenvalue weighted by molar-refractivity contribution is -0.0960. The second-order valence-corrected chi connectivity index (χ2v) is 4.88. The maximum atomic E-state index is 12.4. The number of hydrogen-bond donors (Lipinski definition) is 1. The minimum absolute atomic E-state index is 0.135. The zero-order valence-electron chi connectivity index (χ0n) is 9.89. The molecule has 0 spiro atoms. The molecule has 2 aliphatic rings. The first-order chi connectivity index (χ1) is 8.05. The molecular formula is C12H19F3N2. The molecule has 0 aromatic carbocycles. The third kappa shape index (κ3) is 3.71. The summed E-state index contributed by atoms with van der Waals surface area (Å²) in [4.78, 5) is 2.11. The minimum Gasteiger partial charge on any atom is -0.313 e. The molecule has 1 N–H and O–H groups in total. The molecule has 0 amide bonds. The van der Waals surface area contributed by atoms with Gasteiger partial charge in [-0.2, -0.15) is 13.2 Å². The lowest BCUT2D eigenvalue weighted by Gasteiger charge is -2.32. The number of nitrogens with one attached hydrogen (secondary N) is 1. The Morgan fingerprint density at radius 2 is 2.18 bits per heavy atom. The number of alkyl halides is 3. The molecule has 98 valence electrons. The third-order valence-electron chi connectivity index (χ3n) is 3.55. The van der Waals surface area contributed by atoms with Crippen LogP contribution in [-0.2, 0) is 0 Å². The van der Waals surface area contributed by atoms with Crippen molar-refractivity contribution in [2.75, 3.05) is 26.2 Å². The number of hydrogen-bond acceptors (Lipinski definition) is 2. The van der Waals surface area contributed by atoms with Crippen molar-refractivity contribution in [1.82, 2.24) is 10.2 Å². The third-order valence-corrected chi connectivity index (χ3v) is 3.55. The van der Waals surface area contributed by atoms with E-state index in [1.807, 2.05) is 0 Å². The van der Waals surface area contributed by atoms with Gasteiger partial charge in [0.15, 0.2) is 0 Å². The van der Waals surface area contributed by atoms with Crippen LogP contribution in [0, 0.1) is 0 Å². The van der Waals surface area contributed by atoms with Gasteiger partial charge in [-0.1, -0.05) is 12.5 Å². The number of rotatable bonds is 2. The minimum atomic E-state index is -4.13. The maximum Gasteiger partial charge on any atom is 0.412 e. The van der Waals surface area contributed by atoms with Crippen LogP contribution >= 0.6 is 0 Å². The molecule has 2 nitrogen and oxygen atoms in total. The van der Waals surface area contributed by atoms with Gasteiger partial charge in [-0.3, -0.25) is 4.90 Å². The monoisotopic (exact) mass is 248 g/mol. The van der Waals surface area contributed by atoms with Crippen molar-refractivity contribution < 1.29 is 13.2 Å². The van der Waals surface area contributed by atoms with Gasteiger partial charge in [0.1, 0.15) is 0 Å². The van der Waals surface area contributed by atoms with Gasteiger partial charge < -0.3 is 5.32 Å². The van der Waals surface area contributed by atoms with Crippen molar-refractivity contribution in [2.24, 2.45) is 0 Å². The van der Waals surface area contributed by atoms with Crippen LogP contribution in [0.5, 0.6) is 0 Å². The Kier molecular flexibility index (Phi) is 4.09. The second kappa shape index (κ2) is 5.40. The van der Waals surface area contributed by atoms with E-state index in [2.05, 4.69) is 10.2 Å². The van der Waals surface area contributed by atoms with E-state index < -0.39 is 6.18 Å². The molecule has 0 aliphatic carbocycles. The van der Waals surface area contributed by atoms with Crippen molar-refractivity contribution in [3.05, 3.63) is 11.6 Å². The van der Waals surface area contributed by atoms with Crippen LogP contribution in [0.25, 0.3) is 0 Å². The van der Waals surface area contributed by atoms with Gasteiger partial charge in [0, 0.05) is 31.2 Å². The molecule has 1 fully saturated rings.